The fourth-order valence-corrected chi connectivity index (χ4v) is 6.01. The third-order valence-corrected chi connectivity index (χ3v) is 7.94. The number of alkyl halides is 3. The van der Waals surface area contributed by atoms with E-state index in [4.69, 9.17) is 5.26 Å². The smallest absolute Gasteiger partial charge is 0.406 e. The molecule has 2 nitrogen and oxygen atoms in total. The lowest BCUT2D eigenvalue weighted by Gasteiger charge is -2.38. The molecule has 0 radical (unpaired) electrons. The number of rotatable bonds is 10. The summed E-state index contributed by atoms with van der Waals surface area (Å²) < 4.78 is 53.6. The van der Waals surface area contributed by atoms with Crippen LogP contribution in [0, 0.1) is 35.0 Å². The zero-order chi connectivity index (χ0) is 24.4. The van der Waals surface area contributed by atoms with Gasteiger partial charge in [-0.2, -0.15) is 9.65 Å². The number of nitriles is 1. The number of hydrogen-bond donors (Lipinski definition) is 0. The van der Waals surface area contributed by atoms with Crippen molar-refractivity contribution < 1.29 is 22.3 Å². The van der Waals surface area contributed by atoms with Crippen LogP contribution in [0.3, 0.4) is 0 Å². The highest BCUT2D eigenvalue weighted by molar-refractivity contribution is 5.27. The fourth-order valence-electron chi connectivity index (χ4n) is 6.01. The van der Waals surface area contributed by atoms with Gasteiger partial charge in [0.25, 0.3) is 0 Å². The Kier molecular flexibility index (Phi) is 10.3. The maximum absolute atomic E-state index is 12.9. The second-order valence-electron chi connectivity index (χ2n) is 10.2. The van der Waals surface area contributed by atoms with Crippen molar-refractivity contribution in [3.05, 3.63) is 41.7 Å². The molecular weight excluding hydrogens is 442 g/mol. The molecule has 0 aromatic heterocycles. The van der Waals surface area contributed by atoms with Crippen LogP contribution in [0.25, 0.3) is 0 Å². The molecule has 34 heavy (non-hydrogen) atoms. The molecule has 2 saturated carbocycles. The summed E-state index contributed by atoms with van der Waals surface area (Å²) in [7, 11) is 0. The molecule has 1 aromatic carbocycles. The predicted molar refractivity (Wildman–Crippen MR) is 126 cm³/mol. The SMILES string of the molecule is N#CC(F)=CCCC1CCC(C2CCC(CCCCc3ccc(OC(F)(F)F)cc3)CC2)CC1. The predicted octanol–water partition coefficient (Wildman–Crippen LogP) is 9.07. The molecule has 2 aliphatic rings. The van der Waals surface area contributed by atoms with Crippen LogP contribution < -0.4 is 4.74 Å². The van der Waals surface area contributed by atoms with Crippen LogP contribution in [-0.4, -0.2) is 6.36 Å². The Morgan fingerprint density at radius 3 is 1.97 bits per heavy atom. The van der Waals surface area contributed by atoms with Gasteiger partial charge < -0.3 is 4.74 Å². The zero-order valence-corrected chi connectivity index (χ0v) is 20.0. The molecule has 188 valence electrons. The molecule has 3 rings (SSSR count). The first kappa shape index (κ1) is 26.6. The van der Waals surface area contributed by atoms with Crippen LogP contribution in [0.5, 0.6) is 5.75 Å². The number of allylic oxidation sites excluding steroid dienone is 2. The average Bonchev–Trinajstić information content (AvgIpc) is 2.82. The summed E-state index contributed by atoms with van der Waals surface area (Å²) in [4.78, 5) is 0. The Labute approximate surface area is 201 Å². The van der Waals surface area contributed by atoms with Crippen LogP contribution in [0.15, 0.2) is 36.2 Å². The minimum atomic E-state index is -4.64. The van der Waals surface area contributed by atoms with Gasteiger partial charge >= 0.3 is 6.36 Å². The number of halogens is 4. The molecule has 2 fully saturated rings. The summed E-state index contributed by atoms with van der Waals surface area (Å²) in [5.41, 5.74) is 1.06. The van der Waals surface area contributed by atoms with Gasteiger partial charge in [-0.3, -0.25) is 0 Å². The molecular formula is C28H37F4NO. The number of unbranched alkanes of at least 4 members (excludes halogenated alkanes) is 1. The quantitative estimate of drug-likeness (QED) is 0.190. The van der Waals surface area contributed by atoms with Crippen molar-refractivity contribution in [3.63, 3.8) is 0 Å². The van der Waals surface area contributed by atoms with Crippen molar-refractivity contribution in [2.45, 2.75) is 96.3 Å². The first-order valence-electron chi connectivity index (χ1n) is 12.9. The molecule has 0 amide bonds. The van der Waals surface area contributed by atoms with Gasteiger partial charge in [-0.15, -0.1) is 13.2 Å². The van der Waals surface area contributed by atoms with E-state index in [2.05, 4.69) is 4.74 Å². The Hall–Kier alpha value is -2.03. The van der Waals surface area contributed by atoms with Gasteiger partial charge in [0.1, 0.15) is 11.8 Å². The molecule has 0 unspecified atom stereocenters. The lowest BCUT2D eigenvalue weighted by atomic mass is 9.68. The van der Waals surface area contributed by atoms with Crippen LogP contribution in [-0.2, 0) is 6.42 Å². The van der Waals surface area contributed by atoms with Crippen LogP contribution >= 0.6 is 0 Å². The monoisotopic (exact) mass is 479 g/mol. The summed E-state index contributed by atoms with van der Waals surface area (Å²) in [6.45, 7) is 0. The summed E-state index contributed by atoms with van der Waals surface area (Å²) in [6.07, 6.45) is 13.3. The van der Waals surface area contributed by atoms with Crippen LogP contribution in [0.1, 0.15) is 89.0 Å². The van der Waals surface area contributed by atoms with E-state index in [0.29, 0.717) is 12.3 Å². The maximum Gasteiger partial charge on any atom is 0.573 e. The second-order valence-corrected chi connectivity index (χ2v) is 10.2. The molecule has 1 aromatic rings. The van der Waals surface area contributed by atoms with Crippen LogP contribution in [0.2, 0.25) is 0 Å². The topological polar surface area (TPSA) is 33.0 Å². The molecule has 0 heterocycles. The average molecular weight is 480 g/mol. The Balaban J connectivity index is 1.26. The van der Waals surface area contributed by atoms with Crippen molar-refractivity contribution in [2.75, 3.05) is 0 Å². The molecule has 0 atom stereocenters. The zero-order valence-electron chi connectivity index (χ0n) is 20.0. The van der Waals surface area contributed by atoms with E-state index in [9.17, 15) is 17.6 Å². The fraction of sp³-hybridized carbons (Fsp3) is 0.679. The summed E-state index contributed by atoms with van der Waals surface area (Å²) in [6, 6.07) is 7.78. The van der Waals surface area contributed by atoms with E-state index in [1.807, 2.05) is 0 Å². The second kappa shape index (κ2) is 13.2. The van der Waals surface area contributed by atoms with Gasteiger partial charge in [-0.1, -0.05) is 50.7 Å². The first-order valence-corrected chi connectivity index (χ1v) is 12.9. The number of benzene rings is 1. The molecule has 0 aliphatic heterocycles. The number of aryl methyl sites for hydroxylation is 1. The third-order valence-electron chi connectivity index (χ3n) is 7.94. The molecule has 6 heteroatoms. The third kappa shape index (κ3) is 9.31. The van der Waals surface area contributed by atoms with Gasteiger partial charge in [0, 0.05) is 0 Å². The first-order chi connectivity index (χ1) is 16.3. The van der Waals surface area contributed by atoms with E-state index in [0.717, 1.165) is 42.6 Å². The van der Waals surface area contributed by atoms with E-state index < -0.39 is 12.2 Å². The molecule has 0 bridgehead atoms. The summed E-state index contributed by atoms with van der Waals surface area (Å²) in [5, 5.41) is 8.49. The van der Waals surface area contributed by atoms with E-state index in [1.54, 1.807) is 18.2 Å². The summed E-state index contributed by atoms with van der Waals surface area (Å²) in [5.74, 6) is 2.41. The number of ether oxygens (including phenoxy) is 1. The minimum Gasteiger partial charge on any atom is -0.406 e. The number of nitrogens with zero attached hydrogens (tertiary/aromatic N) is 1. The van der Waals surface area contributed by atoms with E-state index in [1.165, 1.54) is 82.4 Å². The van der Waals surface area contributed by atoms with Crippen molar-refractivity contribution in [1.82, 2.24) is 0 Å². The van der Waals surface area contributed by atoms with Crippen LogP contribution in [0.4, 0.5) is 17.6 Å². The Morgan fingerprint density at radius 2 is 1.44 bits per heavy atom. The maximum atomic E-state index is 12.9. The molecule has 2 aliphatic carbocycles. The highest BCUT2D eigenvalue weighted by Crippen LogP contribution is 2.43. The standard InChI is InChI=1S/C28H37F4NO/c29-26(20-33)7-3-6-23-10-16-25(17-11-23)24-14-8-21(9-15-24)4-1-2-5-22-12-18-27(19-13-22)34-28(30,31)32/h7,12-13,18-19,21,23-25H,1-6,8-11,14-17H2. The molecule has 0 spiro atoms. The van der Waals surface area contributed by atoms with Crippen molar-refractivity contribution in [1.29, 1.82) is 5.26 Å². The van der Waals surface area contributed by atoms with Gasteiger partial charge in [0.15, 0.2) is 5.83 Å². The highest BCUT2D eigenvalue weighted by atomic mass is 19.4. The van der Waals surface area contributed by atoms with Gasteiger partial charge in [0.2, 0.25) is 0 Å². The van der Waals surface area contributed by atoms with Crippen molar-refractivity contribution >= 4 is 0 Å². The number of hydrogen-bond acceptors (Lipinski definition) is 2. The lowest BCUT2D eigenvalue weighted by molar-refractivity contribution is -0.274. The molecule has 0 N–H and O–H groups in total. The normalized spacial score (nSPS) is 26.1. The van der Waals surface area contributed by atoms with Crippen molar-refractivity contribution in [3.8, 4) is 11.8 Å². The van der Waals surface area contributed by atoms with E-state index in [-0.39, 0.29) is 5.75 Å². The minimum absolute atomic E-state index is 0.162. The molecule has 0 saturated heterocycles. The Morgan fingerprint density at radius 1 is 0.882 bits per heavy atom. The van der Waals surface area contributed by atoms with Gasteiger partial charge in [-0.25, -0.2) is 0 Å². The summed E-state index contributed by atoms with van der Waals surface area (Å²) >= 11 is 0. The lowest BCUT2D eigenvalue weighted by Crippen LogP contribution is -2.25. The van der Waals surface area contributed by atoms with Gasteiger partial charge in [0.05, 0.1) is 0 Å². The highest BCUT2D eigenvalue weighted by Gasteiger charge is 2.31. The largest absolute Gasteiger partial charge is 0.573 e. The van der Waals surface area contributed by atoms with Crippen molar-refractivity contribution in [2.24, 2.45) is 23.7 Å². The Bertz CT molecular complexity index is 795. The van der Waals surface area contributed by atoms with Gasteiger partial charge in [-0.05, 0) is 98.8 Å². The van der Waals surface area contributed by atoms with E-state index >= 15 is 0 Å².